The fourth-order valence-electron chi connectivity index (χ4n) is 1.69. The highest BCUT2D eigenvalue weighted by Crippen LogP contribution is 2.24. The number of rotatable bonds is 3. The third-order valence-corrected chi connectivity index (χ3v) is 3.51. The van der Waals surface area contributed by atoms with Crippen molar-refractivity contribution in [1.29, 1.82) is 0 Å². The zero-order chi connectivity index (χ0) is 12.4. The second kappa shape index (κ2) is 5.21. The third-order valence-electron chi connectivity index (χ3n) is 2.82. The van der Waals surface area contributed by atoms with Crippen molar-refractivity contribution in [3.8, 4) is 0 Å². The molecule has 0 bridgehead atoms. The van der Waals surface area contributed by atoms with Gasteiger partial charge in [0, 0.05) is 19.3 Å². The van der Waals surface area contributed by atoms with Crippen LogP contribution in [0.1, 0.15) is 23.2 Å². The molecule has 1 aliphatic carbocycles. The summed E-state index contributed by atoms with van der Waals surface area (Å²) in [5.74, 6) is -0.185. The lowest BCUT2D eigenvalue weighted by molar-refractivity contribution is 0.0176. The van der Waals surface area contributed by atoms with Gasteiger partial charge in [0.05, 0.1) is 16.7 Å². The average molecular weight is 275 g/mol. The summed E-state index contributed by atoms with van der Waals surface area (Å²) >= 11 is 11.5. The first-order valence-corrected chi connectivity index (χ1v) is 6.00. The first-order chi connectivity index (χ1) is 8.10. The van der Waals surface area contributed by atoms with E-state index in [9.17, 15) is 4.79 Å². The van der Waals surface area contributed by atoms with E-state index in [-0.39, 0.29) is 28.2 Å². The first-order valence-electron chi connectivity index (χ1n) is 5.25. The predicted molar refractivity (Wildman–Crippen MR) is 65.5 cm³/mol. The van der Waals surface area contributed by atoms with Gasteiger partial charge in [0.25, 0.3) is 5.91 Å². The second-order valence-corrected chi connectivity index (χ2v) is 4.76. The van der Waals surface area contributed by atoms with E-state index in [2.05, 4.69) is 10.3 Å². The summed E-state index contributed by atoms with van der Waals surface area (Å²) in [5.41, 5.74) is 0.417. The third kappa shape index (κ3) is 2.89. The first kappa shape index (κ1) is 12.6. The minimum Gasteiger partial charge on any atom is -0.381 e. The molecular formula is C11H12Cl2N2O2. The van der Waals surface area contributed by atoms with E-state index in [0.29, 0.717) is 5.56 Å². The Labute approximate surface area is 109 Å². The van der Waals surface area contributed by atoms with E-state index in [1.54, 1.807) is 7.11 Å². The van der Waals surface area contributed by atoms with Crippen molar-refractivity contribution in [2.24, 2.45) is 0 Å². The number of ether oxygens (including phenoxy) is 1. The molecule has 1 aromatic heterocycles. The number of methoxy groups -OCH3 is 1. The summed E-state index contributed by atoms with van der Waals surface area (Å²) in [5, 5.41) is 3.36. The van der Waals surface area contributed by atoms with E-state index in [0.717, 1.165) is 12.8 Å². The number of hydrogen-bond acceptors (Lipinski definition) is 3. The van der Waals surface area contributed by atoms with Crippen LogP contribution in [0.5, 0.6) is 0 Å². The van der Waals surface area contributed by atoms with Gasteiger partial charge in [-0.3, -0.25) is 4.79 Å². The molecule has 0 saturated heterocycles. The molecule has 0 unspecified atom stereocenters. The molecule has 1 heterocycles. The maximum absolute atomic E-state index is 11.8. The van der Waals surface area contributed by atoms with Crippen LogP contribution in [0.3, 0.4) is 0 Å². The van der Waals surface area contributed by atoms with Gasteiger partial charge in [0.2, 0.25) is 0 Å². The summed E-state index contributed by atoms with van der Waals surface area (Å²) in [4.78, 5) is 15.6. The van der Waals surface area contributed by atoms with E-state index >= 15 is 0 Å². The van der Waals surface area contributed by atoms with Crippen molar-refractivity contribution in [1.82, 2.24) is 10.3 Å². The standard InChI is InChI=1S/C11H12Cl2N2O2/c1-17-8-3-7(4-8)15-11(16)6-2-9(12)10(13)14-5-6/h2,5,7-8H,3-4H2,1H3,(H,15,16). The van der Waals surface area contributed by atoms with Gasteiger partial charge in [0.1, 0.15) is 5.15 Å². The fraction of sp³-hybridized carbons (Fsp3) is 0.455. The van der Waals surface area contributed by atoms with Crippen LogP contribution in [-0.4, -0.2) is 30.1 Å². The van der Waals surface area contributed by atoms with Gasteiger partial charge in [0.15, 0.2) is 0 Å². The lowest BCUT2D eigenvalue weighted by Crippen LogP contribution is -2.47. The molecule has 92 valence electrons. The lowest BCUT2D eigenvalue weighted by Gasteiger charge is -2.34. The van der Waals surface area contributed by atoms with Gasteiger partial charge in [-0.25, -0.2) is 4.98 Å². The average Bonchev–Trinajstić information content (AvgIpc) is 2.26. The molecule has 1 N–H and O–H groups in total. The number of amides is 1. The molecule has 2 rings (SSSR count). The molecule has 4 nitrogen and oxygen atoms in total. The van der Waals surface area contributed by atoms with Crippen LogP contribution in [0.2, 0.25) is 10.2 Å². The number of hydrogen-bond donors (Lipinski definition) is 1. The van der Waals surface area contributed by atoms with Gasteiger partial charge in [-0.15, -0.1) is 0 Å². The van der Waals surface area contributed by atoms with Gasteiger partial charge in [-0.05, 0) is 18.9 Å². The van der Waals surface area contributed by atoms with Gasteiger partial charge in [-0.2, -0.15) is 0 Å². The Morgan fingerprint density at radius 2 is 2.24 bits per heavy atom. The van der Waals surface area contributed by atoms with Crippen molar-refractivity contribution in [2.45, 2.75) is 25.0 Å². The lowest BCUT2D eigenvalue weighted by atomic mass is 9.89. The highest BCUT2D eigenvalue weighted by atomic mass is 35.5. The molecule has 0 aromatic carbocycles. The van der Waals surface area contributed by atoms with Crippen LogP contribution in [0.15, 0.2) is 12.3 Å². The molecule has 0 aliphatic heterocycles. The van der Waals surface area contributed by atoms with Crippen molar-refractivity contribution in [3.05, 3.63) is 28.0 Å². The predicted octanol–water partition coefficient (Wildman–Crippen LogP) is 2.30. The molecule has 0 spiro atoms. The van der Waals surface area contributed by atoms with Gasteiger partial charge in [-0.1, -0.05) is 23.2 Å². The van der Waals surface area contributed by atoms with Crippen LogP contribution in [0, 0.1) is 0 Å². The minimum atomic E-state index is -0.185. The second-order valence-electron chi connectivity index (χ2n) is 4.00. The van der Waals surface area contributed by atoms with Crippen LogP contribution in [0.25, 0.3) is 0 Å². The molecule has 6 heteroatoms. The summed E-state index contributed by atoms with van der Waals surface area (Å²) in [6, 6.07) is 1.68. The molecule has 0 atom stereocenters. The molecule has 1 aromatic rings. The molecule has 1 aliphatic rings. The number of aromatic nitrogens is 1. The molecule has 1 amide bonds. The van der Waals surface area contributed by atoms with E-state index in [4.69, 9.17) is 27.9 Å². The monoisotopic (exact) mass is 274 g/mol. The quantitative estimate of drug-likeness (QED) is 0.861. The Balaban J connectivity index is 1.94. The molecule has 0 radical (unpaired) electrons. The largest absolute Gasteiger partial charge is 0.381 e. The normalized spacial score (nSPS) is 23.0. The van der Waals surface area contributed by atoms with Crippen LogP contribution < -0.4 is 5.32 Å². The van der Waals surface area contributed by atoms with Gasteiger partial charge >= 0.3 is 0 Å². The van der Waals surface area contributed by atoms with Crippen molar-refractivity contribution < 1.29 is 9.53 Å². The Morgan fingerprint density at radius 1 is 1.53 bits per heavy atom. The molecule has 1 saturated carbocycles. The zero-order valence-electron chi connectivity index (χ0n) is 9.24. The number of halogens is 2. The SMILES string of the molecule is COC1CC(NC(=O)c2cnc(Cl)c(Cl)c2)C1. The smallest absolute Gasteiger partial charge is 0.253 e. The van der Waals surface area contributed by atoms with E-state index in [1.807, 2.05) is 0 Å². The number of nitrogens with one attached hydrogen (secondary N) is 1. The van der Waals surface area contributed by atoms with Crippen LogP contribution in [-0.2, 0) is 4.74 Å². The minimum absolute atomic E-state index is 0.168. The van der Waals surface area contributed by atoms with E-state index < -0.39 is 0 Å². The zero-order valence-corrected chi connectivity index (χ0v) is 10.8. The summed E-state index contributed by atoms with van der Waals surface area (Å²) in [7, 11) is 1.67. The van der Waals surface area contributed by atoms with Crippen molar-refractivity contribution >= 4 is 29.1 Å². The number of carbonyl (C=O) groups is 1. The fourth-order valence-corrected chi connectivity index (χ4v) is 1.96. The Hall–Kier alpha value is -0.840. The topological polar surface area (TPSA) is 51.2 Å². The number of pyridine rings is 1. The van der Waals surface area contributed by atoms with E-state index in [1.165, 1.54) is 12.3 Å². The highest BCUT2D eigenvalue weighted by molar-refractivity contribution is 6.41. The van der Waals surface area contributed by atoms with Crippen molar-refractivity contribution in [3.63, 3.8) is 0 Å². The molecule has 17 heavy (non-hydrogen) atoms. The number of nitrogens with zero attached hydrogens (tertiary/aromatic N) is 1. The highest BCUT2D eigenvalue weighted by Gasteiger charge is 2.30. The maximum atomic E-state index is 11.8. The number of carbonyl (C=O) groups excluding carboxylic acids is 1. The van der Waals surface area contributed by atoms with Crippen LogP contribution in [0.4, 0.5) is 0 Å². The molecule has 1 fully saturated rings. The van der Waals surface area contributed by atoms with Crippen molar-refractivity contribution in [2.75, 3.05) is 7.11 Å². The summed E-state index contributed by atoms with van der Waals surface area (Å²) in [6.45, 7) is 0. The Morgan fingerprint density at radius 3 is 2.82 bits per heavy atom. The molecular weight excluding hydrogens is 263 g/mol. The van der Waals surface area contributed by atoms with Crippen LogP contribution >= 0.6 is 23.2 Å². The maximum Gasteiger partial charge on any atom is 0.253 e. The Bertz CT molecular complexity index is 433. The summed E-state index contributed by atoms with van der Waals surface area (Å²) in [6.07, 6.45) is 3.36. The summed E-state index contributed by atoms with van der Waals surface area (Å²) < 4.78 is 5.14. The Kier molecular flexibility index (Phi) is 3.86. The van der Waals surface area contributed by atoms with Gasteiger partial charge < -0.3 is 10.1 Å².